The van der Waals surface area contributed by atoms with Gasteiger partial charge in [-0.1, -0.05) is 0 Å². The van der Waals surface area contributed by atoms with Crippen LogP contribution in [-0.2, 0) is 0 Å². The van der Waals surface area contributed by atoms with E-state index < -0.39 is 0 Å². The van der Waals surface area contributed by atoms with Gasteiger partial charge in [0.1, 0.15) is 0 Å². The Balaban J connectivity index is -0.0000000213. The molecule has 0 aliphatic heterocycles. The zero-order valence-electron chi connectivity index (χ0n) is 10.0. The van der Waals surface area contributed by atoms with Crippen LogP contribution >= 0.6 is 0 Å². The molecule has 0 radical (unpaired) electrons. The molecular weight excluding hydrogens is 180 g/mol. The molecule has 13 heavy (non-hydrogen) atoms. The maximum absolute atomic E-state index is 2.75. The van der Waals surface area contributed by atoms with Crippen LogP contribution in [0, 0.1) is 0 Å². The maximum Gasteiger partial charge on any atom is -0.0149 e. The Labute approximate surface area is 89.3 Å². The van der Waals surface area contributed by atoms with Gasteiger partial charge in [-0.15, -0.1) is 0 Å². The molecular formula is C8H32N4Si. The van der Waals surface area contributed by atoms with E-state index in [-0.39, 0.29) is 11.0 Å². The van der Waals surface area contributed by atoms with Crippen molar-refractivity contribution in [2.24, 2.45) is 0 Å². The highest BCUT2D eigenvalue weighted by atomic mass is 28.1. The van der Waals surface area contributed by atoms with Crippen LogP contribution in [-0.4, -0.2) is 67.3 Å². The van der Waals surface area contributed by atoms with Gasteiger partial charge >= 0.3 is 0 Å². The summed E-state index contributed by atoms with van der Waals surface area (Å²) in [6.07, 6.45) is 0. The average molecular weight is 212 g/mol. The molecule has 5 heteroatoms. The molecule has 0 unspecified atom stereocenters. The summed E-state index contributed by atoms with van der Waals surface area (Å²) in [7, 11) is 15.0. The number of nitrogens with one attached hydrogen (secondary N) is 4. The second-order valence-electron chi connectivity index (χ2n) is 2.00. The third kappa shape index (κ3) is 377000. The lowest BCUT2D eigenvalue weighted by molar-refractivity contribution is 1.02. The second kappa shape index (κ2) is 89.6. The molecule has 0 atom stereocenters. The Bertz CT molecular complexity index is 24.1. The molecule has 4 N–H and O–H groups in total. The summed E-state index contributed by atoms with van der Waals surface area (Å²) in [4.78, 5) is 0. The first kappa shape index (κ1) is 29.2. The van der Waals surface area contributed by atoms with Gasteiger partial charge in [0.15, 0.2) is 0 Å². The summed E-state index contributed by atoms with van der Waals surface area (Å²) in [5, 5.41) is 11.0. The van der Waals surface area contributed by atoms with Gasteiger partial charge in [0.05, 0.1) is 0 Å². The van der Waals surface area contributed by atoms with Crippen LogP contribution in [0.15, 0.2) is 0 Å². The lowest BCUT2D eigenvalue weighted by atomic mass is 11.3. The van der Waals surface area contributed by atoms with E-state index in [9.17, 15) is 0 Å². The van der Waals surface area contributed by atoms with Crippen molar-refractivity contribution in [2.75, 3.05) is 56.4 Å². The highest BCUT2D eigenvalue weighted by molar-refractivity contribution is 5.75. The summed E-state index contributed by atoms with van der Waals surface area (Å²) in [6, 6.07) is 0. The monoisotopic (exact) mass is 212 g/mol. The predicted octanol–water partition coefficient (Wildman–Crippen LogP) is -2.11. The Morgan fingerprint density at radius 3 is 0.385 bits per heavy atom. The molecule has 0 aromatic carbocycles. The van der Waals surface area contributed by atoms with Gasteiger partial charge in [0.2, 0.25) is 0 Å². The Morgan fingerprint density at radius 1 is 0.385 bits per heavy atom. The summed E-state index contributed by atoms with van der Waals surface area (Å²) in [5.41, 5.74) is 0. The van der Waals surface area contributed by atoms with Crippen LogP contribution < -0.4 is 21.3 Å². The van der Waals surface area contributed by atoms with Gasteiger partial charge in [-0.2, -0.15) is 0 Å². The van der Waals surface area contributed by atoms with E-state index in [1.807, 2.05) is 56.4 Å². The molecule has 0 rings (SSSR count). The van der Waals surface area contributed by atoms with Crippen LogP contribution in [0.5, 0.6) is 0 Å². The summed E-state index contributed by atoms with van der Waals surface area (Å²) in [5.74, 6) is 0. The zero-order chi connectivity index (χ0) is 10.8. The molecule has 0 amide bonds. The first-order chi connectivity index (χ1) is 5.66. The quantitative estimate of drug-likeness (QED) is 0.347. The van der Waals surface area contributed by atoms with Crippen molar-refractivity contribution in [3.8, 4) is 0 Å². The number of rotatable bonds is 0. The van der Waals surface area contributed by atoms with Gasteiger partial charge in [0, 0.05) is 0 Å². The van der Waals surface area contributed by atoms with E-state index >= 15 is 0 Å². The van der Waals surface area contributed by atoms with E-state index in [4.69, 9.17) is 0 Å². The normalized spacial score (nSPS) is 5.54. The SMILES string of the molecule is CNC.CNC.CNC.CNC.[SiH4]. The molecule has 0 saturated carbocycles. The lowest BCUT2D eigenvalue weighted by Crippen LogP contribution is -1.89. The van der Waals surface area contributed by atoms with E-state index in [1.165, 1.54) is 0 Å². The molecule has 0 aromatic rings. The van der Waals surface area contributed by atoms with Crippen molar-refractivity contribution in [1.82, 2.24) is 21.3 Å². The minimum Gasteiger partial charge on any atom is -0.323 e. The van der Waals surface area contributed by atoms with Crippen molar-refractivity contribution < 1.29 is 0 Å². The molecule has 0 aliphatic carbocycles. The first-order valence-electron chi connectivity index (χ1n) is 4.00. The van der Waals surface area contributed by atoms with E-state index in [0.29, 0.717) is 0 Å². The van der Waals surface area contributed by atoms with E-state index in [1.54, 1.807) is 0 Å². The van der Waals surface area contributed by atoms with Crippen LogP contribution in [0.2, 0.25) is 0 Å². The fourth-order valence-corrected chi connectivity index (χ4v) is 0. The van der Waals surface area contributed by atoms with Crippen molar-refractivity contribution >= 4 is 11.0 Å². The highest BCUT2D eigenvalue weighted by Gasteiger charge is 1.26. The van der Waals surface area contributed by atoms with E-state index in [2.05, 4.69) is 21.3 Å². The summed E-state index contributed by atoms with van der Waals surface area (Å²) < 4.78 is 0. The molecule has 0 aliphatic rings. The Morgan fingerprint density at radius 2 is 0.385 bits per heavy atom. The Kier molecular flexibility index (Phi) is 201. The van der Waals surface area contributed by atoms with Gasteiger partial charge in [-0.05, 0) is 67.3 Å². The maximum atomic E-state index is 2.75. The zero-order valence-corrected chi connectivity index (χ0v) is 10.0. The molecule has 88 valence electrons. The molecule has 0 spiro atoms. The molecule has 0 fully saturated rings. The molecule has 0 heterocycles. The number of hydrogen-bond donors (Lipinski definition) is 4. The van der Waals surface area contributed by atoms with Gasteiger partial charge < -0.3 is 21.3 Å². The predicted molar refractivity (Wildman–Crippen MR) is 71.3 cm³/mol. The fraction of sp³-hybridized carbons (Fsp3) is 1.00. The average Bonchev–Trinajstić information content (AvgIpc) is 1.92. The third-order valence-electron chi connectivity index (χ3n) is 0. The lowest BCUT2D eigenvalue weighted by Gasteiger charge is -1.59. The smallest absolute Gasteiger partial charge is 0.0149 e. The van der Waals surface area contributed by atoms with Gasteiger partial charge in [0.25, 0.3) is 0 Å². The highest BCUT2D eigenvalue weighted by Crippen LogP contribution is 0.990. The largest absolute Gasteiger partial charge is 0.323 e. The van der Waals surface area contributed by atoms with Crippen molar-refractivity contribution in [3.63, 3.8) is 0 Å². The minimum absolute atomic E-state index is 0. The van der Waals surface area contributed by atoms with Crippen LogP contribution in [0.1, 0.15) is 0 Å². The third-order valence-corrected chi connectivity index (χ3v) is 0. The molecule has 4 nitrogen and oxygen atoms in total. The summed E-state index contributed by atoms with van der Waals surface area (Å²) in [6.45, 7) is 0. The molecule has 0 bridgehead atoms. The first-order valence-corrected chi connectivity index (χ1v) is 4.00. The van der Waals surface area contributed by atoms with Crippen molar-refractivity contribution in [1.29, 1.82) is 0 Å². The van der Waals surface area contributed by atoms with Gasteiger partial charge in [-0.3, -0.25) is 0 Å². The fourth-order valence-electron chi connectivity index (χ4n) is 0. The molecule has 0 saturated heterocycles. The number of hydrogen-bond acceptors (Lipinski definition) is 4. The topological polar surface area (TPSA) is 48.1 Å². The Hall–Kier alpha value is 0.0569. The second-order valence-corrected chi connectivity index (χ2v) is 2.00. The van der Waals surface area contributed by atoms with Crippen LogP contribution in [0.4, 0.5) is 0 Å². The van der Waals surface area contributed by atoms with Crippen LogP contribution in [0.3, 0.4) is 0 Å². The van der Waals surface area contributed by atoms with Gasteiger partial charge in [-0.25, -0.2) is 0 Å². The summed E-state index contributed by atoms with van der Waals surface area (Å²) >= 11 is 0. The standard InChI is InChI=1S/4C2H7N.H4Si/c4*1-3-2;/h4*3H,1-2H3;1H4. The van der Waals surface area contributed by atoms with Crippen molar-refractivity contribution in [2.45, 2.75) is 0 Å². The minimum atomic E-state index is 0. The van der Waals surface area contributed by atoms with E-state index in [0.717, 1.165) is 0 Å². The van der Waals surface area contributed by atoms with Crippen molar-refractivity contribution in [3.05, 3.63) is 0 Å². The molecule has 0 aromatic heterocycles. The van der Waals surface area contributed by atoms with Crippen LogP contribution in [0.25, 0.3) is 0 Å².